The van der Waals surface area contributed by atoms with Gasteiger partial charge in [-0.3, -0.25) is 14.9 Å². The number of aromatic nitrogens is 1. The Balaban J connectivity index is 1.83. The minimum Gasteiger partial charge on any atom is -0.316 e. The molecule has 0 aliphatic heterocycles. The van der Waals surface area contributed by atoms with Crippen molar-refractivity contribution in [3.63, 3.8) is 0 Å². The van der Waals surface area contributed by atoms with Crippen molar-refractivity contribution in [2.45, 2.75) is 6.92 Å². The number of para-hydroxylation sites is 1. The number of benzene rings is 3. The summed E-state index contributed by atoms with van der Waals surface area (Å²) in [6, 6.07) is 20.8. The molecular weight excluding hydrogens is 402 g/mol. The first-order valence-electron chi connectivity index (χ1n) is 9.15. The summed E-state index contributed by atoms with van der Waals surface area (Å²) < 4.78 is 0. The fourth-order valence-corrected chi connectivity index (χ4v) is 3.49. The highest BCUT2D eigenvalue weighted by molar-refractivity contribution is 6.33. The highest BCUT2D eigenvalue weighted by Gasteiger charge is 2.20. The Morgan fingerprint density at radius 2 is 1.77 bits per heavy atom. The van der Waals surface area contributed by atoms with Crippen LogP contribution in [0.4, 0.5) is 11.4 Å². The molecule has 3 aromatic carbocycles. The number of nitro groups is 1. The van der Waals surface area contributed by atoms with Crippen molar-refractivity contribution in [1.29, 1.82) is 0 Å². The molecule has 1 N–H and O–H groups in total. The van der Waals surface area contributed by atoms with Crippen LogP contribution in [0, 0.1) is 17.0 Å². The number of rotatable bonds is 4. The van der Waals surface area contributed by atoms with Gasteiger partial charge in [-0.25, -0.2) is 4.98 Å². The fourth-order valence-electron chi connectivity index (χ4n) is 3.26. The molecule has 0 spiro atoms. The number of hydrogen-bond acceptors (Lipinski definition) is 4. The lowest BCUT2D eigenvalue weighted by Crippen LogP contribution is -2.14. The van der Waals surface area contributed by atoms with Gasteiger partial charge in [0.05, 0.1) is 21.7 Å². The smallest absolute Gasteiger partial charge is 0.293 e. The molecule has 1 heterocycles. The highest BCUT2D eigenvalue weighted by Crippen LogP contribution is 2.31. The summed E-state index contributed by atoms with van der Waals surface area (Å²) in [5.74, 6) is -0.464. The Morgan fingerprint density at radius 3 is 2.53 bits per heavy atom. The zero-order chi connectivity index (χ0) is 21.3. The molecule has 4 aromatic rings. The van der Waals surface area contributed by atoms with Crippen molar-refractivity contribution in [2.75, 3.05) is 5.32 Å². The van der Waals surface area contributed by atoms with E-state index in [0.29, 0.717) is 32.7 Å². The quantitative estimate of drug-likeness (QED) is 0.324. The number of nitro benzene ring substituents is 1. The van der Waals surface area contributed by atoms with E-state index >= 15 is 0 Å². The average molecular weight is 418 g/mol. The SMILES string of the molecule is Cc1ccc(NC(=O)c2cc(-c3ccccc3Cl)nc3ccccc23)c([N+](=O)[O-])c1. The monoisotopic (exact) mass is 417 g/mol. The second-order valence-corrected chi connectivity index (χ2v) is 7.19. The number of amides is 1. The van der Waals surface area contributed by atoms with Crippen LogP contribution < -0.4 is 5.32 Å². The van der Waals surface area contributed by atoms with Gasteiger partial charge in [0.15, 0.2) is 0 Å². The number of halogens is 1. The number of aryl methyl sites for hydroxylation is 1. The molecule has 0 bridgehead atoms. The van der Waals surface area contributed by atoms with E-state index < -0.39 is 10.8 Å². The molecule has 0 atom stereocenters. The van der Waals surface area contributed by atoms with E-state index in [4.69, 9.17) is 11.6 Å². The number of nitrogens with zero attached hydrogens (tertiary/aromatic N) is 2. The predicted molar refractivity (Wildman–Crippen MR) is 118 cm³/mol. The van der Waals surface area contributed by atoms with Crippen LogP contribution in [0.5, 0.6) is 0 Å². The van der Waals surface area contributed by atoms with E-state index in [1.807, 2.05) is 30.3 Å². The number of anilines is 1. The summed E-state index contributed by atoms with van der Waals surface area (Å²) in [4.78, 5) is 28.7. The molecule has 0 saturated heterocycles. The molecule has 7 heteroatoms. The lowest BCUT2D eigenvalue weighted by molar-refractivity contribution is -0.384. The number of pyridine rings is 1. The van der Waals surface area contributed by atoms with Gasteiger partial charge in [0.2, 0.25) is 0 Å². The summed E-state index contributed by atoms with van der Waals surface area (Å²) in [6.07, 6.45) is 0. The Bertz CT molecular complexity index is 1300. The average Bonchev–Trinajstić information content (AvgIpc) is 2.74. The van der Waals surface area contributed by atoms with Crippen molar-refractivity contribution >= 4 is 39.8 Å². The van der Waals surface area contributed by atoms with Crippen LogP contribution in [0.3, 0.4) is 0 Å². The Morgan fingerprint density at radius 1 is 1.03 bits per heavy atom. The van der Waals surface area contributed by atoms with Gasteiger partial charge in [0.1, 0.15) is 5.69 Å². The van der Waals surface area contributed by atoms with E-state index in [0.717, 1.165) is 5.56 Å². The highest BCUT2D eigenvalue weighted by atomic mass is 35.5. The molecule has 0 fully saturated rings. The number of nitrogens with one attached hydrogen (secondary N) is 1. The molecule has 148 valence electrons. The number of fused-ring (bicyclic) bond motifs is 1. The Labute approximate surface area is 177 Å². The van der Waals surface area contributed by atoms with Crippen LogP contribution in [0.25, 0.3) is 22.2 Å². The number of carbonyl (C=O) groups is 1. The first kappa shape index (κ1) is 19.5. The minimum absolute atomic E-state index is 0.135. The summed E-state index contributed by atoms with van der Waals surface area (Å²) in [7, 11) is 0. The van der Waals surface area contributed by atoms with Gasteiger partial charge >= 0.3 is 0 Å². The largest absolute Gasteiger partial charge is 0.316 e. The molecule has 0 aliphatic rings. The standard InChI is InChI=1S/C23H16ClN3O3/c1-14-10-11-20(22(12-14)27(29)30)26-23(28)17-13-21(16-7-2-4-8-18(16)24)25-19-9-5-3-6-15(17)19/h2-13H,1H3,(H,26,28). The second-order valence-electron chi connectivity index (χ2n) is 6.78. The summed E-state index contributed by atoms with van der Waals surface area (Å²) in [6.45, 7) is 1.75. The van der Waals surface area contributed by atoms with Crippen molar-refractivity contribution in [1.82, 2.24) is 4.98 Å². The van der Waals surface area contributed by atoms with Gasteiger partial charge in [-0.2, -0.15) is 0 Å². The normalized spacial score (nSPS) is 10.7. The third kappa shape index (κ3) is 3.73. The summed E-state index contributed by atoms with van der Waals surface area (Å²) in [5, 5.41) is 15.2. The van der Waals surface area contributed by atoms with Crippen LogP contribution in [0.2, 0.25) is 5.02 Å². The van der Waals surface area contributed by atoms with Crippen molar-refractivity contribution < 1.29 is 9.72 Å². The van der Waals surface area contributed by atoms with Gasteiger partial charge in [-0.1, -0.05) is 54.1 Å². The molecule has 4 rings (SSSR count). The predicted octanol–water partition coefficient (Wildman–Crippen LogP) is 6.02. The fraction of sp³-hybridized carbons (Fsp3) is 0.0435. The maximum atomic E-state index is 13.2. The maximum Gasteiger partial charge on any atom is 0.293 e. The van der Waals surface area contributed by atoms with E-state index in [9.17, 15) is 14.9 Å². The molecule has 30 heavy (non-hydrogen) atoms. The lowest BCUT2D eigenvalue weighted by atomic mass is 10.0. The van der Waals surface area contributed by atoms with Crippen LogP contribution >= 0.6 is 11.6 Å². The van der Waals surface area contributed by atoms with Crippen LogP contribution in [0.15, 0.2) is 72.8 Å². The van der Waals surface area contributed by atoms with E-state index in [2.05, 4.69) is 10.3 Å². The number of carbonyl (C=O) groups excluding carboxylic acids is 1. The first-order valence-corrected chi connectivity index (χ1v) is 9.53. The summed E-state index contributed by atoms with van der Waals surface area (Å²) >= 11 is 6.33. The molecular formula is C23H16ClN3O3. The van der Waals surface area contributed by atoms with Crippen molar-refractivity contribution in [3.8, 4) is 11.3 Å². The van der Waals surface area contributed by atoms with Gasteiger partial charge in [-0.15, -0.1) is 0 Å². The number of hydrogen-bond donors (Lipinski definition) is 1. The van der Waals surface area contributed by atoms with Gasteiger partial charge < -0.3 is 5.32 Å². The van der Waals surface area contributed by atoms with E-state index in [1.165, 1.54) is 12.1 Å². The zero-order valence-corrected chi connectivity index (χ0v) is 16.7. The Hall–Kier alpha value is -3.77. The maximum absolute atomic E-state index is 13.2. The molecule has 0 aliphatic carbocycles. The van der Waals surface area contributed by atoms with Crippen LogP contribution in [-0.4, -0.2) is 15.8 Å². The molecule has 6 nitrogen and oxygen atoms in total. The van der Waals surface area contributed by atoms with Crippen LogP contribution in [0.1, 0.15) is 15.9 Å². The third-order valence-electron chi connectivity index (χ3n) is 4.71. The topological polar surface area (TPSA) is 85.1 Å². The molecule has 0 unspecified atom stereocenters. The second kappa shape index (κ2) is 7.93. The van der Waals surface area contributed by atoms with Crippen molar-refractivity contribution in [3.05, 3.63) is 99.1 Å². The lowest BCUT2D eigenvalue weighted by Gasteiger charge is -2.12. The van der Waals surface area contributed by atoms with Crippen LogP contribution in [-0.2, 0) is 0 Å². The zero-order valence-electron chi connectivity index (χ0n) is 15.9. The van der Waals surface area contributed by atoms with E-state index in [1.54, 1.807) is 37.3 Å². The van der Waals surface area contributed by atoms with Gasteiger partial charge in [0, 0.05) is 22.0 Å². The Kier molecular flexibility index (Phi) is 5.16. The van der Waals surface area contributed by atoms with Crippen molar-refractivity contribution in [2.24, 2.45) is 0 Å². The van der Waals surface area contributed by atoms with Gasteiger partial charge in [-0.05, 0) is 36.8 Å². The molecule has 0 radical (unpaired) electrons. The minimum atomic E-state index is -0.511. The molecule has 1 aromatic heterocycles. The van der Waals surface area contributed by atoms with E-state index in [-0.39, 0.29) is 11.4 Å². The molecule has 1 amide bonds. The van der Waals surface area contributed by atoms with Gasteiger partial charge in [0.25, 0.3) is 11.6 Å². The molecule has 0 saturated carbocycles. The summed E-state index contributed by atoms with van der Waals surface area (Å²) in [5.41, 5.74) is 2.92. The third-order valence-corrected chi connectivity index (χ3v) is 5.04. The first-order chi connectivity index (χ1) is 14.4.